The first-order valence-electron chi connectivity index (χ1n) is 12.7. The molecule has 1 amide bonds. The number of hydrogen-bond donors (Lipinski definition) is 2. The highest BCUT2D eigenvalue weighted by Crippen LogP contribution is 2.33. The van der Waals surface area contributed by atoms with E-state index in [9.17, 15) is 9.90 Å². The first kappa shape index (κ1) is 24.6. The number of aromatic nitrogens is 3. The average Bonchev–Trinajstić information content (AvgIpc) is 2.95. The maximum Gasteiger partial charge on any atom is 0.251 e. The first-order valence-corrected chi connectivity index (χ1v) is 12.7. The zero-order valence-electron chi connectivity index (χ0n) is 20.9. The Hall–Kier alpha value is -4.04. The number of anilines is 1. The number of carbonyl (C=O) groups excluding carboxylic acids is 1. The van der Waals surface area contributed by atoms with Crippen molar-refractivity contribution >= 4 is 22.8 Å². The summed E-state index contributed by atoms with van der Waals surface area (Å²) in [5.41, 5.74) is 4.70. The topological polar surface area (TPSA) is 100 Å². The van der Waals surface area contributed by atoms with Gasteiger partial charge in [0, 0.05) is 43.2 Å². The summed E-state index contributed by atoms with van der Waals surface area (Å²) in [6.07, 6.45) is 6.40. The van der Waals surface area contributed by atoms with Gasteiger partial charge < -0.3 is 20.1 Å². The first-order chi connectivity index (χ1) is 18.1. The Morgan fingerprint density at radius 1 is 1.08 bits per heavy atom. The second-order valence-electron chi connectivity index (χ2n) is 9.27. The Morgan fingerprint density at radius 3 is 2.73 bits per heavy atom. The van der Waals surface area contributed by atoms with Gasteiger partial charge in [0.25, 0.3) is 5.91 Å². The van der Waals surface area contributed by atoms with E-state index in [4.69, 9.17) is 14.7 Å². The van der Waals surface area contributed by atoms with E-state index in [1.807, 2.05) is 48.7 Å². The number of hydrogen-bond acceptors (Lipinski definition) is 7. The SMILES string of the molecule is COc1cccc(-c2nc3cc(C(=O)NCCCc4cccnc4)ccc3nc2N2CCC(O)CC2)c1. The van der Waals surface area contributed by atoms with Crippen LogP contribution in [0.3, 0.4) is 0 Å². The number of aliphatic hydroxyl groups is 1. The molecular formula is C29H31N5O3. The summed E-state index contributed by atoms with van der Waals surface area (Å²) >= 11 is 0. The molecule has 4 aromatic rings. The molecule has 37 heavy (non-hydrogen) atoms. The van der Waals surface area contributed by atoms with Crippen molar-refractivity contribution in [2.75, 3.05) is 31.6 Å². The molecule has 0 unspecified atom stereocenters. The number of aryl methyl sites for hydroxylation is 1. The van der Waals surface area contributed by atoms with Gasteiger partial charge in [-0.05, 0) is 67.6 Å². The fourth-order valence-electron chi connectivity index (χ4n) is 4.59. The lowest BCUT2D eigenvalue weighted by Crippen LogP contribution is -2.36. The number of methoxy groups -OCH3 is 1. The number of ether oxygens (including phenoxy) is 1. The molecule has 0 radical (unpaired) electrons. The minimum atomic E-state index is -0.282. The zero-order valence-corrected chi connectivity index (χ0v) is 20.9. The fourth-order valence-corrected chi connectivity index (χ4v) is 4.59. The molecule has 1 saturated heterocycles. The van der Waals surface area contributed by atoms with Gasteiger partial charge in [-0.1, -0.05) is 18.2 Å². The van der Waals surface area contributed by atoms with Crippen molar-refractivity contribution in [3.8, 4) is 17.0 Å². The van der Waals surface area contributed by atoms with Gasteiger partial charge in [-0.2, -0.15) is 0 Å². The molecule has 0 saturated carbocycles. The van der Waals surface area contributed by atoms with Crippen LogP contribution in [-0.2, 0) is 6.42 Å². The van der Waals surface area contributed by atoms with Crippen LogP contribution in [-0.4, -0.2) is 58.8 Å². The van der Waals surface area contributed by atoms with Crippen LogP contribution in [0.4, 0.5) is 5.82 Å². The molecule has 8 nitrogen and oxygen atoms in total. The quantitative estimate of drug-likeness (QED) is 0.355. The number of nitrogens with zero attached hydrogens (tertiary/aromatic N) is 4. The molecule has 1 aliphatic heterocycles. The van der Waals surface area contributed by atoms with Crippen molar-refractivity contribution in [1.82, 2.24) is 20.3 Å². The van der Waals surface area contributed by atoms with E-state index in [0.29, 0.717) is 43.6 Å². The summed E-state index contributed by atoms with van der Waals surface area (Å²) in [7, 11) is 1.64. The van der Waals surface area contributed by atoms with E-state index >= 15 is 0 Å². The van der Waals surface area contributed by atoms with Crippen molar-refractivity contribution in [1.29, 1.82) is 0 Å². The summed E-state index contributed by atoms with van der Waals surface area (Å²) in [5.74, 6) is 1.38. The third kappa shape index (κ3) is 5.86. The van der Waals surface area contributed by atoms with Crippen LogP contribution in [0.25, 0.3) is 22.3 Å². The summed E-state index contributed by atoms with van der Waals surface area (Å²) < 4.78 is 5.44. The Kier molecular flexibility index (Phi) is 7.56. The maximum absolute atomic E-state index is 12.9. The molecule has 5 rings (SSSR count). The molecule has 0 atom stereocenters. The van der Waals surface area contributed by atoms with Gasteiger partial charge >= 0.3 is 0 Å². The van der Waals surface area contributed by atoms with Crippen LogP contribution in [0.15, 0.2) is 67.0 Å². The van der Waals surface area contributed by atoms with Crippen LogP contribution in [0.2, 0.25) is 0 Å². The number of rotatable bonds is 8. The standard InChI is InChI=1S/C29H31N5O3/c1-37-24-8-2-7-21(17-24)27-28(34-15-11-23(35)12-16-34)33-25-10-9-22(18-26(25)32-27)29(36)31-14-4-6-20-5-3-13-30-19-20/h2-3,5,7-10,13,17-19,23,35H,4,6,11-12,14-16H2,1H3,(H,31,36). The van der Waals surface area contributed by atoms with E-state index in [1.54, 1.807) is 25.4 Å². The van der Waals surface area contributed by atoms with E-state index in [-0.39, 0.29) is 12.0 Å². The molecule has 2 aromatic carbocycles. The third-order valence-electron chi connectivity index (χ3n) is 6.67. The Labute approximate surface area is 216 Å². The molecule has 0 spiro atoms. The van der Waals surface area contributed by atoms with Crippen LogP contribution >= 0.6 is 0 Å². The van der Waals surface area contributed by atoms with Gasteiger partial charge in [0.2, 0.25) is 0 Å². The molecule has 190 valence electrons. The molecule has 0 bridgehead atoms. The number of carbonyl (C=O) groups is 1. The Morgan fingerprint density at radius 2 is 1.95 bits per heavy atom. The lowest BCUT2D eigenvalue weighted by atomic mass is 10.1. The van der Waals surface area contributed by atoms with Gasteiger partial charge in [0.1, 0.15) is 11.4 Å². The van der Waals surface area contributed by atoms with Gasteiger partial charge in [0.05, 0.1) is 24.2 Å². The molecule has 1 fully saturated rings. The largest absolute Gasteiger partial charge is 0.497 e. The second-order valence-corrected chi connectivity index (χ2v) is 9.27. The minimum Gasteiger partial charge on any atom is -0.497 e. The van der Waals surface area contributed by atoms with E-state index < -0.39 is 0 Å². The molecule has 2 aromatic heterocycles. The lowest BCUT2D eigenvalue weighted by Gasteiger charge is -2.31. The van der Waals surface area contributed by atoms with Crippen molar-refractivity contribution in [3.05, 3.63) is 78.1 Å². The normalized spacial score (nSPS) is 14.1. The molecule has 1 aliphatic rings. The number of fused-ring (bicyclic) bond motifs is 1. The van der Waals surface area contributed by atoms with Crippen molar-refractivity contribution in [2.24, 2.45) is 0 Å². The van der Waals surface area contributed by atoms with Crippen molar-refractivity contribution in [2.45, 2.75) is 31.8 Å². The number of pyridine rings is 1. The average molecular weight is 498 g/mol. The summed E-state index contributed by atoms with van der Waals surface area (Å²) in [5, 5.41) is 13.0. The van der Waals surface area contributed by atoms with Crippen LogP contribution in [0, 0.1) is 0 Å². The Balaban J connectivity index is 1.40. The number of amides is 1. The highest BCUT2D eigenvalue weighted by molar-refractivity contribution is 5.98. The monoisotopic (exact) mass is 497 g/mol. The van der Waals surface area contributed by atoms with E-state index in [1.165, 1.54) is 0 Å². The fraction of sp³-hybridized carbons (Fsp3) is 0.310. The zero-order chi connectivity index (χ0) is 25.6. The van der Waals surface area contributed by atoms with Crippen LogP contribution in [0.5, 0.6) is 5.75 Å². The predicted octanol–water partition coefficient (Wildman–Crippen LogP) is 4.02. The number of piperidine rings is 1. The smallest absolute Gasteiger partial charge is 0.251 e. The highest BCUT2D eigenvalue weighted by atomic mass is 16.5. The predicted molar refractivity (Wildman–Crippen MR) is 144 cm³/mol. The molecule has 8 heteroatoms. The number of benzene rings is 2. The van der Waals surface area contributed by atoms with Crippen molar-refractivity contribution in [3.63, 3.8) is 0 Å². The summed E-state index contributed by atoms with van der Waals surface area (Å²) in [6.45, 7) is 1.99. The Bertz CT molecular complexity index is 1370. The number of nitrogens with one attached hydrogen (secondary N) is 1. The highest BCUT2D eigenvalue weighted by Gasteiger charge is 2.23. The summed E-state index contributed by atoms with van der Waals surface area (Å²) in [6, 6.07) is 17.2. The number of aliphatic hydroxyl groups excluding tert-OH is 1. The molecule has 3 heterocycles. The van der Waals surface area contributed by atoms with Gasteiger partial charge in [-0.25, -0.2) is 9.97 Å². The minimum absolute atomic E-state index is 0.132. The molecule has 2 N–H and O–H groups in total. The molecule has 0 aliphatic carbocycles. The second kappa shape index (κ2) is 11.3. The van der Waals surface area contributed by atoms with Crippen LogP contribution < -0.4 is 15.0 Å². The van der Waals surface area contributed by atoms with Gasteiger partial charge in [0.15, 0.2) is 5.82 Å². The third-order valence-corrected chi connectivity index (χ3v) is 6.67. The maximum atomic E-state index is 12.9. The lowest BCUT2D eigenvalue weighted by molar-refractivity contribution is 0.0953. The van der Waals surface area contributed by atoms with Crippen LogP contribution in [0.1, 0.15) is 35.2 Å². The summed E-state index contributed by atoms with van der Waals surface area (Å²) in [4.78, 5) is 29.1. The van der Waals surface area contributed by atoms with Gasteiger partial charge in [-0.3, -0.25) is 9.78 Å². The van der Waals surface area contributed by atoms with E-state index in [0.717, 1.165) is 46.7 Å². The molecular weight excluding hydrogens is 466 g/mol. The van der Waals surface area contributed by atoms with Gasteiger partial charge in [-0.15, -0.1) is 0 Å². The van der Waals surface area contributed by atoms with Crippen molar-refractivity contribution < 1.29 is 14.6 Å². The van der Waals surface area contributed by atoms with E-state index in [2.05, 4.69) is 15.2 Å².